The van der Waals surface area contributed by atoms with Gasteiger partial charge < -0.3 is 10.6 Å². The Morgan fingerprint density at radius 1 is 0.960 bits per heavy atom. The summed E-state index contributed by atoms with van der Waals surface area (Å²) in [6.45, 7) is 0.685. The molecule has 0 saturated carbocycles. The van der Waals surface area contributed by atoms with E-state index in [9.17, 15) is 4.79 Å². The lowest BCUT2D eigenvalue weighted by molar-refractivity contribution is 0.0963. The van der Waals surface area contributed by atoms with Gasteiger partial charge in [-0.25, -0.2) is 0 Å². The maximum atomic E-state index is 11.6. The van der Waals surface area contributed by atoms with Gasteiger partial charge in [-0.05, 0) is 35.4 Å². The number of carbonyl (C=O) groups is 1. The number of pyridine rings is 1. The van der Waals surface area contributed by atoms with Crippen LogP contribution in [0, 0.1) is 0 Å². The quantitative estimate of drug-likeness (QED) is 0.728. The first kappa shape index (κ1) is 16.9. The number of hydrogen-bond donors (Lipinski definition) is 2. The lowest BCUT2D eigenvalue weighted by atomic mass is 10.0. The minimum Gasteiger partial charge on any atom is -0.355 e. The second-order valence-corrected chi connectivity index (χ2v) is 5.76. The van der Waals surface area contributed by atoms with Crippen molar-refractivity contribution in [2.24, 2.45) is 0 Å². The number of amides is 1. The minimum absolute atomic E-state index is 0.0148. The van der Waals surface area contributed by atoms with Crippen molar-refractivity contribution in [2.45, 2.75) is 12.6 Å². The van der Waals surface area contributed by atoms with Crippen LogP contribution in [0.5, 0.6) is 0 Å². The van der Waals surface area contributed by atoms with Gasteiger partial charge in [-0.1, -0.05) is 48.5 Å². The maximum absolute atomic E-state index is 11.6. The molecular formula is C21H21N3O. The molecule has 3 rings (SSSR count). The van der Waals surface area contributed by atoms with E-state index in [2.05, 4.69) is 27.8 Å². The average molecular weight is 331 g/mol. The van der Waals surface area contributed by atoms with Gasteiger partial charge in [0.1, 0.15) is 0 Å². The van der Waals surface area contributed by atoms with E-state index in [1.165, 1.54) is 5.56 Å². The van der Waals surface area contributed by atoms with E-state index < -0.39 is 0 Å². The third kappa shape index (κ3) is 4.31. The van der Waals surface area contributed by atoms with Gasteiger partial charge in [-0.15, -0.1) is 0 Å². The van der Waals surface area contributed by atoms with Crippen molar-refractivity contribution in [2.75, 3.05) is 7.05 Å². The molecule has 1 atom stereocenters. The van der Waals surface area contributed by atoms with Gasteiger partial charge in [0.2, 0.25) is 0 Å². The molecule has 0 saturated heterocycles. The first-order valence-corrected chi connectivity index (χ1v) is 8.28. The average Bonchev–Trinajstić information content (AvgIpc) is 2.70. The summed E-state index contributed by atoms with van der Waals surface area (Å²) in [4.78, 5) is 16.1. The monoisotopic (exact) mass is 331 g/mol. The summed E-state index contributed by atoms with van der Waals surface area (Å²) in [6.07, 6.45) is 1.81. The van der Waals surface area contributed by atoms with Crippen molar-refractivity contribution in [1.29, 1.82) is 0 Å². The lowest BCUT2D eigenvalue weighted by Gasteiger charge is -2.19. The predicted molar refractivity (Wildman–Crippen MR) is 99.2 cm³/mol. The molecule has 0 unspecified atom stereocenters. The molecule has 0 aliphatic carbocycles. The number of rotatable bonds is 6. The van der Waals surface area contributed by atoms with Crippen LogP contribution in [0.15, 0.2) is 79.0 Å². The van der Waals surface area contributed by atoms with E-state index in [0.29, 0.717) is 12.1 Å². The molecule has 0 aliphatic heterocycles. The van der Waals surface area contributed by atoms with E-state index in [0.717, 1.165) is 11.3 Å². The number of carbonyl (C=O) groups excluding carboxylic acids is 1. The Balaban J connectivity index is 1.76. The second kappa shape index (κ2) is 8.22. The molecule has 0 radical (unpaired) electrons. The Hall–Kier alpha value is -2.98. The molecule has 2 N–H and O–H groups in total. The van der Waals surface area contributed by atoms with Gasteiger partial charge in [-0.3, -0.25) is 9.78 Å². The smallest absolute Gasteiger partial charge is 0.251 e. The maximum Gasteiger partial charge on any atom is 0.251 e. The fraction of sp³-hybridized carbons (Fsp3) is 0.143. The first-order valence-electron chi connectivity index (χ1n) is 8.28. The zero-order valence-electron chi connectivity index (χ0n) is 14.1. The molecule has 2 aromatic carbocycles. The van der Waals surface area contributed by atoms with Crippen molar-refractivity contribution in [3.63, 3.8) is 0 Å². The number of aromatic nitrogens is 1. The number of hydrogen-bond acceptors (Lipinski definition) is 3. The SMILES string of the molecule is CNC(=O)c1ccc(CN[C@@H](c2ccccc2)c2ccccn2)cc1. The van der Waals surface area contributed by atoms with E-state index in [1.807, 2.05) is 66.9 Å². The topological polar surface area (TPSA) is 54.0 Å². The number of nitrogens with one attached hydrogen (secondary N) is 2. The van der Waals surface area contributed by atoms with Gasteiger partial charge in [-0.2, -0.15) is 0 Å². The Morgan fingerprint density at radius 2 is 1.68 bits per heavy atom. The van der Waals surface area contributed by atoms with Crippen LogP contribution in [0.3, 0.4) is 0 Å². The Morgan fingerprint density at radius 3 is 2.32 bits per heavy atom. The van der Waals surface area contributed by atoms with Crippen LogP contribution in [-0.2, 0) is 6.54 Å². The van der Waals surface area contributed by atoms with Crippen molar-refractivity contribution < 1.29 is 4.79 Å². The van der Waals surface area contributed by atoms with Gasteiger partial charge in [0.05, 0.1) is 11.7 Å². The third-order valence-electron chi connectivity index (χ3n) is 4.07. The molecule has 4 heteroatoms. The van der Waals surface area contributed by atoms with Crippen molar-refractivity contribution in [3.05, 3.63) is 101 Å². The highest BCUT2D eigenvalue weighted by Crippen LogP contribution is 2.20. The molecule has 25 heavy (non-hydrogen) atoms. The van der Waals surface area contributed by atoms with Gasteiger partial charge in [0.25, 0.3) is 5.91 Å². The number of nitrogens with zero attached hydrogens (tertiary/aromatic N) is 1. The van der Waals surface area contributed by atoms with Crippen molar-refractivity contribution >= 4 is 5.91 Å². The summed E-state index contributed by atoms with van der Waals surface area (Å²) in [5, 5.41) is 6.20. The molecule has 1 aromatic heterocycles. The first-order chi connectivity index (χ1) is 12.3. The Kier molecular flexibility index (Phi) is 5.54. The standard InChI is InChI=1S/C21H21N3O/c1-22-21(25)18-12-10-16(11-13-18)15-24-20(17-7-3-2-4-8-17)19-9-5-6-14-23-19/h2-14,20,24H,15H2,1H3,(H,22,25)/t20-/m0/s1. The summed E-state index contributed by atoms with van der Waals surface area (Å²) in [7, 11) is 1.63. The zero-order chi connectivity index (χ0) is 17.5. The minimum atomic E-state index is -0.0739. The molecule has 126 valence electrons. The summed E-state index contributed by atoms with van der Waals surface area (Å²) in [5.74, 6) is -0.0739. The van der Waals surface area contributed by atoms with Crippen LogP contribution in [0.4, 0.5) is 0 Å². The summed E-state index contributed by atoms with van der Waals surface area (Å²) in [5.41, 5.74) is 3.93. The Bertz CT molecular complexity index is 762. The fourth-order valence-corrected chi connectivity index (χ4v) is 2.72. The van der Waals surface area contributed by atoms with Gasteiger partial charge in [0.15, 0.2) is 0 Å². The van der Waals surface area contributed by atoms with E-state index >= 15 is 0 Å². The van der Waals surface area contributed by atoms with Crippen LogP contribution < -0.4 is 10.6 Å². The second-order valence-electron chi connectivity index (χ2n) is 5.76. The van der Waals surface area contributed by atoms with Crippen LogP contribution in [0.1, 0.15) is 33.2 Å². The highest BCUT2D eigenvalue weighted by molar-refractivity contribution is 5.93. The molecule has 3 aromatic rings. The van der Waals surface area contributed by atoms with Gasteiger partial charge in [0, 0.05) is 25.4 Å². The lowest BCUT2D eigenvalue weighted by Crippen LogP contribution is -2.23. The fourth-order valence-electron chi connectivity index (χ4n) is 2.72. The third-order valence-corrected chi connectivity index (χ3v) is 4.07. The summed E-state index contributed by atoms with van der Waals surface area (Å²) in [6, 6.07) is 23.9. The summed E-state index contributed by atoms with van der Waals surface area (Å²) < 4.78 is 0. The zero-order valence-corrected chi connectivity index (χ0v) is 14.1. The van der Waals surface area contributed by atoms with Crippen LogP contribution in [-0.4, -0.2) is 17.9 Å². The molecule has 0 aliphatic rings. The highest BCUT2D eigenvalue weighted by atomic mass is 16.1. The molecule has 0 bridgehead atoms. The summed E-state index contributed by atoms with van der Waals surface area (Å²) >= 11 is 0. The normalized spacial score (nSPS) is 11.7. The molecular weight excluding hydrogens is 310 g/mol. The number of benzene rings is 2. The van der Waals surface area contributed by atoms with E-state index in [4.69, 9.17) is 0 Å². The van der Waals surface area contributed by atoms with Gasteiger partial charge >= 0.3 is 0 Å². The molecule has 4 nitrogen and oxygen atoms in total. The van der Waals surface area contributed by atoms with Crippen molar-refractivity contribution in [1.82, 2.24) is 15.6 Å². The molecule has 0 fully saturated rings. The van der Waals surface area contributed by atoms with Crippen LogP contribution in [0.25, 0.3) is 0 Å². The molecule has 0 spiro atoms. The van der Waals surface area contributed by atoms with Crippen molar-refractivity contribution in [3.8, 4) is 0 Å². The van der Waals surface area contributed by atoms with Crippen LogP contribution >= 0.6 is 0 Å². The predicted octanol–water partition coefficient (Wildman–Crippen LogP) is 3.32. The van der Waals surface area contributed by atoms with E-state index in [1.54, 1.807) is 7.05 Å². The largest absolute Gasteiger partial charge is 0.355 e. The van der Waals surface area contributed by atoms with E-state index in [-0.39, 0.29) is 11.9 Å². The highest BCUT2D eigenvalue weighted by Gasteiger charge is 2.14. The van der Waals surface area contributed by atoms with Crippen LogP contribution in [0.2, 0.25) is 0 Å². The molecule has 1 amide bonds. The molecule has 1 heterocycles. The Labute approximate surface area is 147 Å².